The fourth-order valence-corrected chi connectivity index (χ4v) is 2.83. The molecule has 5 nitrogen and oxygen atoms in total. The van der Waals surface area contributed by atoms with Gasteiger partial charge in [0.25, 0.3) is 0 Å². The van der Waals surface area contributed by atoms with Crippen LogP contribution >= 0.6 is 0 Å². The first-order chi connectivity index (χ1) is 13.6. The summed E-state index contributed by atoms with van der Waals surface area (Å²) in [6.07, 6.45) is 1.52. The number of hydrogen-bond donors (Lipinski definition) is 2. The van der Waals surface area contributed by atoms with Crippen molar-refractivity contribution in [3.63, 3.8) is 0 Å². The molecule has 2 aromatic rings. The maximum atomic E-state index is 12.4. The van der Waals surface area contributed by atoms with E-state index in [1.165, 1.54) is 10.5 Å². The van der Waals surface area contributed by atoms with Crippen LogP contribution in [0.25, 0.3) is 0 Å². The van der Waals surface area contributed by atoms with Crippen LogP contribution in [-0.2, 0) is 11.3 Å². The average molecular weight is 457 g/mol. The monoisotopic (exact) mass is 456 g/mol. The van der Waals surface area contributed by atoms with Gasteiger partial charge in [-0.3, -0.25) is 4.79 Å². The quantitative estimate of drug-likeness (QED) is 0.221. The highest BCUT2D eigenvalue weighted by molar-refractivity contribution is 5.96. The highest BCUT2D eigenvalue weighted by Gasteiger charge is 2.08. The number of halogens is 2. The van der Waals surface area contributed by atoms with Crippen LogP contribution in [0.1, 0.15) is 28.8 Å². The number of nitrogens with two attached hydrogens (primary N) is 1. The van der Waals surface area contributed by atoms with E-state index in [0.29, 0.717) is 26.2 Å². The molecule has 0 amide bonds. The third-order valence-electron chi connectivity index (χ3n) is 4.40. The molecule has 0 atom stereocenters. The Bertz CT molecular complexity index is 700. The molecule has 0 saturated carbocycles. The topological polar surface area (TPSA) is 56.6 Å². The molecule has 0 aromatic heterocycles. The summed E-state index contributed by atoms with van der Waals surface area (Å²) >= 11 is 0. The number of benzene rings is 2. The van der Waals surface area contributed by atoms with E-state index in [-0.39, 0.29) is 30.6 Å². The molecule has 0 heterocycles. The van der Waals surface area contributed by atoms with Crippen molar-refractivity contribution in [2.24, 2.45) is 0 Å². The third-order valence-corrected chi connectivity index (χ3v) is 4.40. The fourth-order valence-electron chi connectivity index (χ4n) is 2.83. The number of Topliss-reactive ketones (excluding diaryl/α,β-unsaturated/α-hetero) is 1. The van der Waals surface area contributed by atoms with Crippen LogP contribution in [0.2, 0.25) is 0 Å². The van der Waals surface area contributed by atoms with Crippen LogP contribution in [0.3, 0.4) is 0 Å². The minimum absolute atomic E-state index is 0. The van der Waals surface area contributed by atoms with Gasteiger partial charge in [0.15, 0.2) is 5.78 Å². The lowest BCUT2D eigenvalue weighted by Crippen LogP contribution is -3.05. The summed E-state index contributed by atoms with van der Waals surface area (Å²) < 4.78 is 11.4. The number of quaternary nitrogens is 2. The Hall–Kier alpha value is -1.63. The summed E-state index contributed by atoms with van der Waals surface area (Å²) in [4.78, 5) is 13.8. The maximum Gasteiger partial charge on any atom is 0.168 e. The molecule has 168 valence electrons. The normalized spacial score (nSPS) is 10.2. The van der Waals surface area contributed by atoms with Gasteiger partial charge in [-0.05, 0) is 17.7 Å². The number of rotatable bonds is 14. The molecule has 0 bridgehead atoms. The van der Waals surface area contributed by atoms with Gasteiger partial charge in [-0.2, -0.15) is 0 Å². The van der Waals surface area contributed by atoms with Gasteiger partial charge in [0.05, 0.1) is 60.0 Å². The zero-order chi connectivity index (χ0) is 20.0. The second-order valence-corrected chi connectivity index (χ2v) is 7.26. The summed E-state index contributed by atoms with van der Waals surface area (Å²) in [7, 11) is 4.26. The first-order valence-electron chi connectivity index (χ1n) is 10.1. The van der Waals surface area contributed by atoms with E-state index >= 15 is 0 Å². The Morgan fingerprint density at radius 1 is 0.967 bits per heavy atom. The number of ketones is 1. The van der Waals surface area contributed by atoms with Crippen molar-refractivity contribution < 1.29 is 49.3 Å². The lowest BCUT2D eigenvalue weighted by Gasteiger charge is -2.09. The van der Waals surface area contributed by atoms with Gasteiger partial charge < -0.3 is 44.5 Å². The molecule has 0 unspecified atom stereocenters. The fraction of sp³-hybridized carbons (Fsp3) is 0.435. The zero-order valence-corrected chi connectivity index (χ0v) is 19.4. The maximum absolute atomic E-state index is 12.4. The smallest absolute Gasteiger partial charge is 0.168 e. The first kappa shape index (κ1) is 28.4. The van der Waals surface area contributed by atoms with Crippen molar-refractivity contribution in [1.82, 2.24) is 0 Å². The summed E-state index contributed by atoms with van der Waals surface area (Å²) in [6.45, 7) is 4.70. The Morgan fingerprint density at radius 3 is 2.47 bits per heavy atom. The summed E-state index contributed by atoms with van der Waals surface area (Å²) in [6, 6.07) is 17.7. The van der Waals surface area contributed by atoms with Gasteiger partial charge in [-0.1, -0.05) is 42.5 Å². The van der Waals surface area contributed by atoms with E-state index in [0.717, 1.165) is 37.4 Å². The zero-order valence-electron chi connectivity index (χ0n) is 17.9. The minimum atomic E-state index is 0. The lowest BCUT2D eigenvalue weighted by molar-refractivity contribution is -0.858. The summed E-state index contributed by atoms with van der Waals surface area (Å²) in [5.41, 5.74) is 1.91. The van der Waals surface area contributed by atoms with E-state index in [4.69, 9.17) is 9.47 Å². The second-order valence-electron chi connectivity index (χ2n) is 7.26. The largest absolute Gasteiger partial charge is 1.00 e. The van der Waals surface area contributed by atoms with Crippen LogP contribution in [0.15, 0.2) is 54.6 Å². The van der Waals surface area contributed by atoms with Gasteiger partial charge in [-0.15, -0.1) is 0 Å². The Labute approximate surface area is 193 Å². The standard InChI is InChI=1S/C23H32N2O3.2ClH/c1-25(2)15-7-16-28-22-11-6-10-21(18-22)23(26)12-13-24-14-17-27-19-20-8-4-3-5-9-20;;/h3-6,8-11,18,24H,7,12-17,19H2,1-2H3;2*1H. The van der Waals surface area contributed by atoms with E-state index in [9.17, 15) is 4.79 Å². The van der Waals surface area contributed by atoms with Crippen molar-refractivity contribution in [1.29, 1.82) is 0 Å². The highest BCUT2D eigenvalue weighted by Crippen LogP contribution is 2.14. The van der Waals surface area contributed by atoms with Gasteiger partial charge in [0, 0.05) is 12.0 Å². The van der Waals surface area contributed by atoms with Gasteiger partial charge >= 0.3 is 0 Å². The molecule has 7 heteroatoms. The molecule has 0 aliphatic heterocycles. The molecule has 2 aromatic carbocycles. The first-order valence-corrected chi connectivity index (χ1v) is 10.1. The SMILES string of the molecule is C[NH+](C)CCCOc1cccc(C(=O)CC[NH2+]CCOCc2ccccc2)c1.[Cl-].[Cl-]. The summed E-state index contributed by atoms with van der Waals surface area (Å²) in [5.74, 6) is 0.933. The van der Waals surface area contributed by atoms with E-state index in [1.807, 2.05) is 42.5 Å². The van der Waals surface area contributed by atoms with Crippen molar-refractivity contribution in [3.05, 3.63) is 65.7 Å². The number of carbonyl (C=O) groups is 1. The van der Waals surface area contributed by atoms with Crippen LogP contribution in [0.4, 0.5) is 0 Å². The molecule has 0 aliphatic carbocycles. The van der Waals surface area contributed by atoms with E-state index in [2.05, 4.69) is 31.5 Å². The van der Waals surface area contributed by atoms with Gasteiger partial charge in [-0.25, -0.2) is 0 Å². The van der Waals surface area contributed by atoms with Crippen molar-refractivity contribution in [2.45, 2.75) is 19.4 Å². The number of carbonyl (C=O) groups excluding carboxylic acids is 1. The number of ether oxygens (including phenoxy) is 2. The molecule has 0 spiro atoms. The molecule has 0 saturated heterocycles. The summed E-state index contributed by atoms with van der Waals surface area (Å²) in [5, 5.41) is 2.13. The minimum Gasteiger partial charge on any atom is -1.00 e. The molecular formula is C23H34Cl2N2O3. The van der Waals surface area contributed by atoms with Crippen LogP contribution in [0, 0.1) is 0 Å². The Morgan fingerprint density at radius 2 is 1.73 bits per heavy atom. The molecule has 0 fully saturated rings. The molecule has 30 heavy (non-hydrogen) atoms. The van der Waals surface area contributed by atoms with Crippen LogP contribution in [-0.4, -0.2) is 52.7 Å². The number of nitrogens with one attached hydrogen (secondary N) is 1. The van der Waals surface area contributed by atoms with Gasteiger partial charge in [0.1, 0.15) is 5.75 Å². The predicted molar refractivity (Wildman–Crippen MR) is 111 cm³/mol. The molecule has 3 N–H and O–H groups in total. The third kappa shape index (κ3) is 12.2. The Kier molecular flexibility index (Phi) is 16.2. The van der Waals surface area contributed by atoms with Crippen LogP contribution < -0.4 is 39.8 Å². The number of hydrogen-bond acceptors (Lipinski definition) is 3. The van der Waals surface area contributed by atoms with E-state index < -0.39 is 0 Å². The van der Waals surface area contributed by atoms with E-state index in [1.54, 1.807) is 0 Å². The Balaban J connectivity index is 0.00000420. The van der Waals surface area contributed by atoms with Crippen molar-refractivity contribution >= 4 is 5.78 Å². The van der Waals surface area contributed by atoms with Crippen molar-refractivity contribution in [2.75, 3.05) is 46.9 Å². The van der Waals surface area contributed by atoms with Crippen molar-refractivity contribution in [3.8, 4) is 5.75 Å². The molecular weight excluding hydrogens is 423 g/mol. The average Bonchev–Trinajstić information content (AvgIpc) is 2.71. The second kappa shape index (κ2) is 17.1. The predicted octanol–water partition coefficient (Wildman–Crippen LogP) is -5.04. The van der Waals surface area contributed by atoms with Gasteiger partial charge in [0.2, 0.25) is 0 Å². The van der Waals surface area contributed by atoms with Crippen LogP contribution in [0.5, 0.6) is 5.75 Å². The lowest BCUT2D eigenvalue weighted by atomic mass is 10.1. The molecule has 0 aliphatic rings. The molecule has 0 radical (unpaired) electrons. The highest BCUT2D eigenvalue weighted by atomic mass is 35.5. The molecule has 2 rings (SSSR count).